The minimum absolute atomic E-state index is 0.0501. The summed E-state index contributed by atoms with van der Waals surface area (Å²) in [5.74, 6) is 0.801. The lowest BCUT2D eigenvalue weighted by atomic mass is 9.97. The molecule has 0 aliphatic carbocycles. The Kier molecular flexibility index (Phi) is 4.63. The van der Waals surface area contributed by atoms with Gasteiger partial charge in [0.05, 0.1) is 6.61 Å². The molecule has 120 valence electrons. The number of hydrogen-bond donors (Lipinski definition) is 2. The molecule has 2 aromatic rings. The highest BCUT2D eigenvalue weighted by molar-refractivity contribution is 5.83. The van der Waals surface area contributed by atoms with Crippen LogP contribution in [0.3, 0.4) is 0 Å². The molecule has 2 atom stereocenters. The molecule has 1 amide bonds. The van der Waals surface area contributed by atoms with Crippen LogP contribution < -0.4 is 10.1 Å². The van der Waals surface area contributed by atoms with Gasteiger partial charge in [-0.2, -0.15) is 0 Å². The van der Waals surface area contributed by atoms with Crippen LogP contribution in [-0.4, -0.2) is 23.7 Å². The average molecular weight is 311 g/mol. The summed E-state index contributed by atoms with van der Waals surface area (Å²) in [6.07, 6.45) is 0.301. The van der Waals surface area contributed by atoms with Gasteiger partial charge >= 0.3 is 0 Å². The predicted octanol–water partition coefficient (Wildman–Crippen LogP) is 2.40. The van der Waals surface area contributed by atoms with Crippen molar-refractivity contribution in [1.82, 2.24) is 5.32 Å². The van der Waals surface area contributed by atoms with E-state index >= 15 is 0 Å². The second kappa shape index (κ2) is 6.84. The second-order valence-corrected chi connectivity index (χ2v) is 5.88. The third-order valence-corrected chi connectivity index (χ3v) is 4.29. The molecule has 0 radical (unpaired) electrons. The van der Waals surface area contributed by atoms with E-state index in [0.29, 0.717) is 6.54 Å². The first-order chi connectivity index (χ1) is 11.2. The number of hydrogen-bond acceptors (Lipinski definition) is 3. The summed E-state index contributed by atoms with van der Waals surface area (Å²) in [7, 11) is 0. The number of nitrogens with one attached hydrogen (secondary N) is 1. The maximum Gasteiger partial charge on any atom is 0.261 e. The first kappa shape index (κ1) is 15.6. The van der Waals surface area contributed by atoms with E-state index in [1.807, 2.05) is 55.5 Å². The molecule has 4 heteroatoms. The molecule has 0 saturated heterocycles. The van der Waals surface area contributed by atoms with Gasteiger partial charge < -0.3 is 15.2 Å². The van der Waals surface area contributed by atoms with Crippen LogP contribution in [0.15, 0.2) is 48.5 Å². The van der Waals surface area contributed by atoms with Crippen molar-refractivity contribution in [3.8, 4) is 5.75 Å². The van der Waals surface area contributed by atoms with Gasteiger partial charge in [-0.25, -0.2) is 0 Å². The predicted molar refractivity (Wildman–Crippen MR) is 88.4 cm³/mol. The normalized spacial score (nSPS) is 19.0. The van der Waals surface area contributed by atoms with Crippen LogP contribution in [0.25, 0.3) is 0 Å². The standard InChI is InChI=1S/C19H21NO3/c1-13-16-4-2-3-5-17(16)23-18(13)19(22)20-11-10-14-6-8-15(12-21)9-7-14/h2-9,13,18,21H,10-12H2,1H3,(H,20,22). The van der Waals surface area contributed by atoms with Gasteiger partial charge in [0.25, 0.3) is 5.91 Å². The van der Waals surface area contributed by atoms with Crippen molar-refractivity contribution >= 4 is 5.91 Å². The molecule has 4 nitrogen and oxygen atoms in total. The van der Waals surface area contributed by atoms with Gasteiger partial charge in [0.15, 0.2) is 6.10 Å². The zero-order valence-electron chi connectivity index (χ0n) is 13.2. The first-order valence-corrected chi connectivity index (χ1v) is 7.91. The Hall–Kier alpha value is -2.33. The van der Waals surface area contributed by atoms with Gasteiger partial charge in [0, 0.05) is 18.0 Å². The molecule has 0 fully saturated rings. The van der Waals surface area contributed by atoms with E-state index in [4.69, 9.17) is 9.84 Å². The quantitative estimate of drug-likeness (QED) is 0.891. The summed E-state index contributed by atoms with van der Waals surface area (Å²) in [6, 6.07) is 15.5. The molecule has 0 saturated carbocycles. The van der Waals surface area contributed by atoms with Gasteiger partial charge in [0.2, 0.25) is 0 Å². The Labute approximate surface area is 136 Å². The summed E-state index contributed by atoms with van der Waals surface area (Å²) in [6.45, 7) is 2.64. The van der Waals surface area contributed by atoms with Crippen LogP contribution in [0, 0.1) is 0 Å². The summed E-state index contributed by atoms with van der Waals surface area (Å²) >= 11 is 0. The fourth-order valence-corrected chi connectivity index (χ4v) is 2.89. The van der Waals surface area contributed by atoms with Crippen LogP contribution in [0.4, 0.5) is 0 Å². The number of ether oxygens (including phenoxy) is 1. The van der Waals surface area contributed by atoms with Crippen LogP contribution in [0.1, 0.15) is 29.5 Å². The largest absolute Gasteiger partial charge is 0.480 e. The maximum absolute atomic E-state index is 12.3. The lowest BCUT2D eigenvalue weighted by Crippen LogP contribution is -2.39. The molecular weight excluding hydrogens is 290 g/mol. The highest BCUT2D eigenvalue weighted by Crippen LogP contribution is 2.37. The Bertz CT molecular complexity index is 681. The summed E-state index contributed by atoms with van der Waals surface area (Å²) in [5.41, 5.74) is 3.11. The van der Waals surface area contributed by atoms with Crippen molar-refractivity contribution in [1.29, 1.82) is 0 Å². The van der Waals surface area contributed by atoms with Crippen molar-refractivity contribution < 1.29 is 14.6 Å². The van der Waals surface area contributed by atoms with E-state index in [9.17, 15) is 4.79 Å². The number of aliphatic hydroxyl groups excluding tert-OH is 1. The van der Waals surface area contributed by atoms with Crippen molar-refractivity contribution in [3.63, 3.8) is 0 Å². The molecule has 2 aromatic carbocycles. The number of rotatable bonds is 5. The lowest BCUT2D eigenvalue weighted by Gasteiger charge is -2.15. The molecule has 1 aliphatic rings. The number of benzene rings is 2. The SMILES string of the molecule is CC1c2ccccc2OC1C(=O)NCCc1ccc(CO)cc1. The Morgan fingerprint density at radius 1 is 1.13 bits per heavy atom. The molecule has 3 rings (SSSR count). The Balaban J connectivity index is 1.52. The van der Waals surface area contributed by atoms with Crippen LogP contribution in [0.5, 0.6) is 5.75 Å². The van der Waals surface area contributed by atoms with Crippen molar-refractivity contribution in [2.24, 2.45) is 0 Å². The van der Waals surface area contributed by atoms with Gasteiger partial charge in [0.1, 0.15) is 5.75 Å². The summed E-state index contributed by atoms with van der Waals surface area (Å²) < 4.78 is 5.77. The van der Waals surface area contributed by atoms with Crippen molar-refractivity contribution in [2.45, 2.75) is 32.0 Å². The molecule has 0 aromatic heterocycles. The topological polar surface area (TPSA) is 58.6 Å². The summed E-state index contributed by atoms with van der Waals surface area (Å²) in [5, 5.41) is 12.0. The first-order valence-electron chi connectivity index (χ1n) is 7.91. The lowest BCUT2D eigenvalue weighted by molar-refractivity contribution is -0.127. The molecule has 0 spiro atoms. The van der Waals surface area contributed by atoms with E-state index in [1.165, 1.54) is 0 Å². The van der Waals surface area contributed by atoms with Crippen molar-refractivity contribution in [2.75, 3.05) is 6.54 Å². The van der Waals surface area contributed by atoms with E-state index in [1.54, 1.807) is 0 Å². The Morgan fingerprint density at radius 3 is 2.52 bits per heavy atom. The zero-order valence-corrected chi connectivity index (χ0v) is 13.2. The van der Waals surface area contributed by atoms with E-state index in [0.717, 1.165) is 28.9 Å². The molecule has 23 heavy (non-hydrogen) atoms. The highest BCUT2D eigenvalue weighted by atomic mass is 16.5. The minimum atomic E-state index is -0.454. The average Bonchev–Trinajstić information content (AvgIpc) is 2.93. The molecule has 1 aliphatic heterocycles. The monoisotopic (exact) mass is 311 g/mol. The highest BCUT2D eigenvalue weighted by Gasteiger charge is 2.35. The number of aliphatic hydroxyl groups is 1. The molecule has 2 N–H and O–H groups in total. The third kappa shape index (κ3) is 3.37. The van der Waals surface area contributed by atoms with Gasteiger partial charge in [-0.3, -0.25) is 4.79 Å². The van der Waals surface area contributed by atoms with E-state index in [2.05, 4.69) is 5.32 Å². The van der Waals surface area contributed by atoms with Gasteiger partial charge in [-0.05, 0) is 23.6 Å². The smallest absolute Gasteiger partial charge is 0.261 e. The van der Waals surface area contributed by atoms with E-state index < -0.39 is 6.10 Å². The number of para-hydroxylation sites is 1. The molecular formula is C19H21NO3. The fraction of sp³-hybridized carbons (Fsp3) is 0.316. The zero-order chi connectivity index (χ0) is 16.2. The number of carbonyl (C=O) groups excluding carboxylic acids is 1. The third-order valence-electron chi connectivity index (χ3n) is 4.29. The summed E-state index contributed by atoms with van der Waals surface area (Å²) in [4.78, 5) is 12.3. The molecule has 1 heterocycles. The fourth-order valence-electron chi connectivity index (χ4n) is 2.89. The van der Waals surface area contributed by atoms with Crippen LogP contribution in [0.2, 0.25) is 0 Å². The van der Waals surface area contributed by atoms with Gasteiger partial charge in [-0.15, -0.1) is 0 Å². The second-order valence-electron chi connectivity index (χ2n) is 5.88. The number of fused-ring (bicyclic) bond motifs is 1. The Morgan fingerprint density at radius 2 is 1.83 bits per heavy atom. The van der Waals surface area contributed by atoms with Crippen LogP contribution in [-0.2, 0) is 17.8 Å². The minimum Gasteiger partial charge on any atom is -0.480 e. The van der Waals surface area contributed by atoms with Crippen molar-refractivity contribution in [3.05, 3.63) is 65.2 Å². The maximum atomic E-state index is 12.3. The molecule has 0 bridgehead atoms. The van der Waals surface area contributed by atoms with Crippen LogP contribution >= 0.6 is 0 Å². The van der Waals surface area contributed by atoms with Gasteiger partial charge in [-0.1, -0.05) is 49.4 Å². The van der Waals surface area contributed by atoms with E-state index in [-0.39, 0.29) is 18.4 Å². The number of amides is 1. The molecule has 2 unspecified atom stereocenters. The number of carbonyl (C=O) groups is 1.